The van der Waals surface area contributed by atoms with Crippen molar-refractivity contribution in [1.82, 2.24) is 0 Å². The molecular formula is C19H30O4. The van der Waals surface area contributed by atoms with Crippen molar-refractivity contribution in [2.24, 2.45) is 11.8 Å². The van der Waals surface area contributed by atoms with E-state index in [1.165, 1.54) is 12.8 Å². The number of allylic oxidation sites excluding steroid dienone is 3. The Balaban J connectivity index is 2.30. The van der Waals surface area contributed by atoms with Crippen molar-refractivity contribution in [3.8, 4) is 0 Å². The average molecular weight is 322 g/mol. The number of carboxylic acid groups (broad SMARTS) is 1. The van der Waals surface area contributed by atoms with Gasteiger partial charge in [-0.3, -0.25) is 0 Å². The molecule has 23 heavy (non-hydrogen) atoms. The van der Waals surface area contributed by atoms with Crippen LogP contribution in [0.4, 0.5) is 0 Å². The molecule has 2 N–H and O–H groups in total. The van der Waals surface area contributed by atoms with Gasteiger partial charge in [-0.15, -0.1) is 0 Å². The maximum Gasteiger partial charge on any atom is 0.327 e. The number of ether oxygens (including phenoxy) is 1. The molecule has 130 valence electrons. The molecule has 1 saturated heterocycles. The zero-order valence-electron chi connectivity index (χ0n) is 14.1. The maximum atomic E-state index is 10.3. The van der Waals surface area contributed by atoms with Crippen LogP contribution in [0.3, 0.4) is 0 Å². The van der Waals surface area contributed by atoms with Gasteiger partial charge in [-0.2, -0.15) is 0 Å². The van der Waals surface area contributed by atoms with Crippen LogP contribution in [-0.2, 0) is 9.53 Å². The van der Waals surface area contributed by atoms with Gasteiger partial charge >= 0.3 is 5.97 Å². The lowest BCUT2D eigenvalue weighted by molar-refractivity contribution is -0.131. The number of rotatable bonds is 11. The molecular weight excluding hydrogens is 292 g/mol. The lowest BCUT2D eigenvalue weighted by Crippen LogP contribution is -2.10. The van der Waals surface area contributed by atoms with E-state index in [1.54, 1.807) is 6.08 Å². The highest BCUT2D eigenvalue weighted by atomic mass is 16.5. The van der Waals surface area contributed by atoms with Gasteiger partial charge in [0.2, 0.25) is 0 Å². The van der Waals surface area contributed by atoms with E-state index >= 15 is 0 Å². The first-order chi connectivity index (χ1) is 11.1. The highest BCUT2D eigenvalue weighted by Gasteiger charge is 2.24. The van der Waals surface area contributed by atoms with E-state index in [-0.39, 0.29) is 6.10 Å². The summed E-state index contributed by atoms with van der Waals surface area (Å²) >= 11 is 0. The van der Waals surface area contributed by atoms with Crippen molar-refractivity contribution in [3.63, 3.8) is 0 Å². The molecule has 0 radical (unpaired) electrons. The first kappa shape index (κ1) is 19.7. The molecule has 0 aromatic carbocycles. The van der Waals surface area contributed by atoms with Crippen molar-refractivity contribution < 1.29 is 19.7 Å². The standard InChI is InChI=1S/C19H30O4/c1-2-3-6-10-18(20)13-12-17-15-23-14-16(17)9-7-4-5-8-11-19(21)22/h4,7-8,11-13,16-18,20H,2-3,5-6,9-10,14-15H2,1H3,(H,21,22)/t16-,17+,18?/m1/s1. The van der Waals surface area contributed by atoms with Gasteiger partial charge in [-0.1, -0.05) is 56.6 Å². The summed E-state index contributed by atoms with van der Waals surface area (Å²) < 4.78 is 5.55. The van der Waals surface area contributed by atoms with Gasteiger partial charge < -0.3 is 14.9 Å². The molecule has 1 unspecified atom stereocenters. The second-order valence-electron chi connectivity index (χ2n) is 6.09. The number of aliphatic hydroxyl groups is 1. The van der Waals surface area contributed by atoms with Crippen LogP contribution in [0.1, 0.15) is 45.4 Å². The Labute approximate surface area is 139 Å². The Hall–Kier alpha value is -1.39. The number of carbonyl (C=O) groups is 1. The summed E-state index contributed by atoms with van der Waals surface area (Å²) in [5.41, 5.74) is 0. The molecule has 1 rings (SSSR count). The fourth-order valence-electron chi connectivity index (χ4n) is 2.66. The predicted octanol–water partition coefficient (Wildman–Crippen LogP) is 3.72. The molecule has 1 fully saturated rings. The predicted molar refractivity (Wildman–Crippen MR) is 92.2 cm³/mol. The van der Waals surface area contributed by atoms with Crippen LogP contribution < -0.4 is 0 Å². The van der Waals surface area contributed by atoms with Crippen molar-refractivity contribution in [2.45, 2.75) is 51.6 Å². The van der Waals surface area contributed by atoms with Crippen molar-refractivity contribution >= 4 is 5.97 Å². The number of aliphatic hydroxyl groups excluding tert-OH is 1. The molecule has 0 spiro atoms. The summed E-state index contributed by atoms with van der Waals surface area (Å²) in [4.78, 5) is 10.3. The highest BCUT2D eigenvalue weighted by molar-refractivity contribution is 5.79. The summed E-state index contributed by atoms with van der Waals surface area (Å²) in [6.07, 6.45) is 16.3. The Morgan fingerprint density at radius 1 is 1.26 bits per heavy atom. The highest BCUT2D eigenvalue weighted by Crippen LogP contribution is 2.26. The smallest absolute Gasteiger partial charge is 0.327 e. The second-order valence-corrected chi connectivity index (χ2v) is 6.09. The van der Waals surface area contributed by atoms with Gasteiger partial charge in [0.15, 0.2) is 0 Å². The van der Waals surface area contributed by atoms with E-state index in [4.69, 9.17) is 9.84 Å². The van der Waals surface area contributed by atoms with Gasteiger partial charge in [-0.05, 0) is 25.2 Å². The molecule has 0 aromatic rings. The first-order valence-corrected chi connectivity index (χ1v) is 8.62. The van der Waals surface area contributed by atoms with Crippen LogP contribution in [0, 0.1) is 11.8 Å². The number of hydrogen-bond donors (Lipinski definition) is 2. The fraction of sp³-hybridized carbons (Fsp3) is 0.632. The van der Waals surface area contributed by atoms with Crippen LogP contribution in [0.15, 0.2) is 36.5 Å². The lowest BCUT2D eigenvalue weighted by atomic mass is 9.91. The summed E-state index contributed by atoms with van der Waals surface area (Å²) in [5.74, 6) is -0.117. The molecule has 4 nitrogen and oxygen atoms in total. The van der Waals surface area contributed by atoms with Gasteiger partial charge in [0.1, 0.15) is 0 Å². The zero-order valence-corrected chi connectivity index (χ0v) is 14.1. The van der Waals surface area contributed by atoms with E-state index in [1.807, 2.05) is 12.2 Å². The minimum Gasteiger partial charge on any atom is -0.478 e. The number of hydrogen-bond acceptors (Lipinski definition) is 3. The van der Waals surface area contributed by atoms with Crippen LogP contribution in [-0.4, -0.2) is 35.5 Å². The van der Waals surface area contributed by atoms with E-state index < -0.39 is 5.97 Å². The van der Waals surface area contributed by atoms with E-state index in [0.717, 1.165) is 38.6 Å². The Bertz CT molecular complexity index is 412. The second kappa shape index (κ2) is 12.1. The number of unbranched alkanes of at least 4 members (excludes halogenated alkanes) is 2. The maximum absolute atomic E-state index is 10.3. The third-order valence-corrected chi connectivity index (χ3v) is 4.07. The number of aliphatic carboxylic acids is 1. The van der Waals surface area contributed by atoms with Crippen LogP contribution in [0.2, 0.25) is 0 Å². The monoisotopic (exact) mass is 322 g/mol. The Kier molecular flexibility index (Phi) is 10.3. The minimum atomic E-state index is -0.912. The lowest BCUT2D eigenvalue weighted by Gasteiger charge is -2.12. The Morgan fingerprint density at radius 3 is 2.83 bits per heavy atom. The summed E-state index contributed by atoms with van der Waals surface area (Å²) in [6.45, 7) is 3.62. The normalized spacial score (nSPS) is 23.4. The summed E-state index contributed by atoms with van der Waals surface area (Å²) in [7, 11) is 0. The summed E-state index contributed by atoms with van der Waals surface area (Å²) in [6, 6.07) is 0. The van der Waals surface area contributed by atoms with Gasteiger partial charge in [-0.25, -0.2) is 4.79 Å². The molecule has 1 aliphatic heterocycles. The van der Waals surface area contributed by atoms with Crippen LogP contribution in [0.5, 0.6) is 0 Å². The first-order valence-electron chi connectivity index (χ1n) is 8.62. The third-order valence-electron chi connectivity index (χ3n) is 4.07. The van der Waals surface area contributed by atoms with Gasteiger partial charge in [0.05, 0.1) is 19.3 Å². The molecule has 1 aliphatic rings. The minimum absolute atomic E-state index is 0.348. The molecule has 3 atom stereocenters. The fourth-order valence-corrected chi connectivity index (χ4v) is 2.66. The molecule has 0 saturated carbocycles. The third kappa shape index (κ3) is 9.36. The Morgan fingerprint density at radius 2 is 2.09 bits per heavy atom. The molecule has 0 bridgehead atoms. The molecule has 1 heterocycles. The van der Waals surface area contributed by atoms with Crippen molar-refractivity contribution in [2.75, 3.05) is 13.2 Å². The van der Waals surface area contributed by atoms with E-state index in [0.29, 0.717) is 18.3 Å². The molecule has 4 heteroatoms. The number of carboxylic acids is 1. The van der Waals surface area contributed by atoms with Gasteiger partial charge in [0.25, 0.3) is 0 Å². The molecule has 0 aliphatic carbocycles. The van der Waals surface area contributed by atoms with E-state index in [2.05, 4.69) is 19.1 Å². The summed E-state index contributed by atoms with van der Waals surface area (Å²) in [5, 5.41) is 18.4. The topological polar surface area (TPSA) is 66.8 Å². The van der Waals surface area contributed by atoms with E-state index in [9.17, 15) is 9.90 Å². The van der Waals surface area contributed by atoms with Crippen LogP contribution >= 0.6 is 0 Å². The largest absolute Gasteiger partial charge is 0.478 e. The van der Waals surface area contributed by atoms with Crippen molar-refractivity contribution in [3.05, 3.63) is 36.5 Å². The molecule has 0 aromatic heterocycles. The average Bonchev–Trinajstić information content (AvgIpc) is 2.96. The quantitative estimate of drug-likeness (QED) is 0.345. The zero-order chi connectivity index (χ0) is 16.9. The van der Waals surface area contributed by atoms with Crippen LogP contribution in [0.25, 0.3) is 0 Å². The van der Waals surface area contributed by atoms with Crippen molar-refractivity contribution in [1.29, 1.82) is 0 Å². The van der Waals surface area contributed by atoms with Gasteiger partial charge in [0, 0.05) is 12.0 Å². The molecule has 0 amide bonds. The SMILES string of the molecule is CCCCCC(O)C=C[C@H]1COC[C@H]1CC=CCC=CC(=O)O.